The van der Waals surface area contributed by atoms with E-state index in [1.807, 2.05) is 0 Å². The number of halogens is 2. The molecule has 3 rings (SSSR count). The summed E-state index contributed by atoms with van der Waals surface area (Å²) in [5, 5.41) is 12.5. The summed E-state index contributed by atoms with van der Waals surface area (Å²) in [5.74, 6) is -1.07. The van der Waals surface area contributed by atoms with E-state index >= 15 is 0 Å². The van der Waals surface area contributed by atoms with E-state index in [1.54, 1.807) is 6.92 Å². The minimum atomic E-state index is -3.41. The van der Waals surface area contributed by atoms with Crippen molar-refractivity contribution in [3.05, 3.63) is 55.9 Å². The summed E-state index contributed by atoms with van der Waals surface area (Å²) in [7, 11) is -3.41. The van der Waals surface area contributed by atoms with Crippen LogP contribution in [0.25, 0.3) is 0 Å². The van der Waals surface area contributed by atoms with Gasteiger partial charge < -0.3 is 5.32 Å². The second kappa shape index (κ2) is 5.21. The maximum Gasteiger partial charge on any atom is 0.177 e. The zero-order valence-electron chi connectivity index (χ0n) is 11.7. The molecule has 22 heavy (non-hydrogen) atoms. The van der Waals surface area contributed by atoms with Crippen LogP contribution in [0.5, 0.6) is 0 Å². The summed E-state index contributed by atoms with van der Waals surface area (Å²) >= 11 is 3.12. The van der Waals surface area contributed by atoms with E-state index in [2.05, 4.69) is 27.3 Å². The van der Waals surface area contributed by atoms with Crippen LogP contribution in [-0.2, 0) is 9.84 Å². The molecule has 0 amide bonds. The number of allylic oxidation sites excluding steroid dienone is 4. The van der Waals surface area contributed by atoms with E-state index in [1.165, 1.54) is 18.2 Å². The second-order valence-corrected chi connectivity index (χ2v) is 8.23. The number of hydrogen-bond donors (Lipinski definition) is 1. The summed E-state index contributed by atoms with van der Waals surface area (Å²) in [6.07, 6.45) is 0.409. The van der Waals surface area contributed by atoms with Gasteiger partial charge in [-0.1, -0.05) is 6.07 Å². The lowest BCUT2D eigenvalue weighted by Gasteiger charge is -2.26. The molecule has 2 heterocycles. The fourth-order valence-corrected chi connectivity index (χ4v) is 5.17. The molecule has 0 saturated heterocycles. The Labute approximate surface area is 136 Å². The van der Waals surface area contributed by atoms with E-state index in [4.69, 9.17) is 0 Å². The lowest BCUT2D eigenvalue weighted by Crippen LogP contribution is -2.25. The van der Waals surface area contributed by atoms with Crippen LogP contribution in [0.2, 0.25) is 0 Å². The number of nitrogens with zero attached hydrogens (tertiary/aromatic N) is 1. The zero-order chi connectivity index (χ0) is 16.1. The van der Waals surface area contributed by atoms with E-state index in [0.717, 1.165) is 0 Å². The predicted molar refractivity (Wildman–Crippen MR) is 83.7 cm³/mol. The molecule has 7 heteroatoms. The van der Waals surface area contributed by atoms with Crippen molar-refractivity contribution in [1.29, 1.82) is 5.26 Å². The number of sulfone groups is 1. The minimum absolute atomic E-state index is 0.0372. The number of dihydropyridines is 1. The summed E-state index contributed by atoms with van der Waals surface area (Å²) in [4.78, 5) is 0.244. The van der Waals surface area contributed by atoms with Gasteiger partial charge in [-0.3, -0.25) is 0 Å². The van der Waals surface area contributed by atoms with Gasteiger partial charge in [0.2, 0.25) is 0 Å². The van der Waals surface area contributed by atoms with E-state index < -0.39 is 21.6 Å². The molecule has 1 unspecified atom stereocenters. The largest absolute Gasteiger partial charge is 0.361 e. The molecule has 0 saturated carbocycles. The molecule has 1 N–H and O–H groups in total. The standard InChI is InChI=1S/C15H12BrFN2O2S/c1-8-10(7-18)14(9-2-3-12(17)11(16)6-9)15-13(19-8)4-5-22(15,20)21/h2-3,6,14,19H,4-5H2,1H3. The summed E-state index contributed by atoms with van der Waals surface area (Å²) in [6, 6.07) is 6.43. The normalized spacial score (nSPS) is 23.1. The quantitative estimate of drug-likeness (QED) is 0.809. The van der Waals surface area contributed by atoms with Gasteiger partial charge in [0.1, 0.15) is 5.82 Å². The first kappa shape index (κ1) is 15.3. The van der Waals surface area contributed by atoms with Crippen LogP contribution in [0.3, 0.4) is 0 Å². The third-order valence-electron chi connectivity index (χ3n) is 3.94. The average Bonchev–Trinajstić information content (AvgIpc) is 2.76. The molecule has 2 aliphatic heterocycles. The van der Waals surface area contributed by atoms with Crippen LogP contribution in [0.4, 0.5) is 4.39 Å². The first-order valence-corrected chi connectivity index (χ1v) is 9.08. The molecule has 4 nitrogen and oxygen atoms in total. The van der Waals surface area contributed by atoms with Crippen molar-refractivity contribution in [2.45, 2.75) is 19.3 Å². The van der Waals surface area contributed by atoms with Gasteiger partial charge in [0.05, 0.1) is 32.7 Å². The Kier molecular flexibility index (Phi) is 3.62. The Bertz CT molecular complexity index is 881. The maximum absolute atomic E-state index is 13.5. The number of nitrogens with one attached hydrogen (secondary N) is 1. The highest BCUT2D eigenvalue weighted by Crippen LogP contribution is 2.44. The van der Waals surface area contributed by atoms with Crippen LogP contribution in [0, 0.1) is 17.1 Å². The fraction of sp³-hybridized carbons (Fsp3) is 0.267. The zero-order valence-corrected chi connectivity index (χ0v) is 14.1. The van der Waals surface area contributed by atoms with Gasteiger partial charge >= 0.3 is 0 Å². The van der Waals surface area contributed by atoms with Gasteiger partial charge in [-0.05, 0) is 40.5 Å². The van der Waals surface area contributed by atoms with Crippen molar-refractivity contribution in [3.8, 4) is 6.07 Å². The Morgan fingerprint density at radius 2 is 2.18 bits per heavy atom. The number of nitriles is 1. The highest BCUT2D eigenvalue weighted by molar-refractivity contribution is 9.10. The van der Waals surface area contributed by atoms with Gasteiger partial charge in [-0.2, -0.15) is 5.26 Å². The molecule has 2 aliphatic rings. The molecule has 0 aliphatic carbocycles. The van der Waals surface area contributed by atoms with E-state index in [0.29, 0.717) is 29.0 Å². The van der Waals surface area contributed by atoms with E-state index in [-0.39, 0.29) is 15.1 Å². The Balaban J connectivity index is 2.25. The van der Waals surface area contributed by atoms with E-state index in [9.17, 15) is 18.1 Å². The van der Waals surface area contributed by atoms with Crippen molar-refractivity contribution >= 4 is 25.8 Å². The first-order valence-electron chi connectivity index (χ1n) is 6.64. The third kappa shape index (κ3) is 2.27. The maximum atomic E-state index is 13.5. The topological polar surface area (TPSA) is 70.0 Å². The van der Waals surface area contributed by atoms with Crippen LogP contribution in [0.1, 0.15) is 24.8 Å². The lowest BCUT2D eigenvalue weighted by atomic mass is 9.87. The second-order valence-electron chi connectivity index (χ2n) is 5.29. The Morgan fingerprint density at radius 1 is 1.45 bits per heavy atom. The SMILES string of the molecule is CC1=C(C#N)C(c2ccc(F)c(Br)c2)C2=C(CCS2(=O)=O)N1. The summed E-state index contributed by atoms with van der Waals surface area (Å²) < 4.78 is 38.5. The van der Waals surface area contributed by atoms with Crippen molar-refractivity contribution in [2.24, 2.45) is 0 Å². The highest BCUT2D eigenvalue weighted by Gasteiger charge is 2.41. The predicted octanol–water partition coefficient (Wildman–Crippen LogP) is 3.10. The number of benzene rings is 1. The fourth-order valence-electron chi connectivity index (χ4n) is 2.93. The van der Waals surface area contributed by atoms with Crippen molar-refractivity contribution in [2.75, 3.05) is 5.75 Å². The van der Waals surface area contributed by atoms with Crippen LogP contribution in [-0.4, -0.2) is 14.2 Å². The van der Waals surface area contributed by atoms with Gasteiger partial charge in [0, 0.05) is 17.8 Å². The van der Waals surface area contributed by atoms with Gasteiger partial charge in [-0.15, -0.1) is 0 Å². The highest BCUT2D eigenvalue weighted by atomic mass is 79.9. The number of hydrogen-bond acceptors (Lipinski definition) is 4. The van der Waals surface area contributed by atoms with Gasteiger partial charge in [0.25, 0.3) is 0 Å². The molecule has 0 aromatic heterocycles. The minimum Gasteiger partial charge on any atom is -0.361 e. The third-order valence-corrected chi connectivity index (χ3v) is 6.45. The molecule has 1 aromatic rings. The van der Waals surface area contributed by atoms with Gasteiger partial charge in [-0.25, -0.2) is 12.8 Å². The molecule has 1 atom stereocenters. The molecule has 0 fully saturated rings. The molecule has 0 bridgehead atoms. The first-order chi connectivity index (χ1) is 10.3. The molecular formula is C15H12BrFN2O2S. The van der Waals surface area contributed by atoms with Crippen LogP contribution < -0.4 is 5.32 Å². The lowest BCUT2D eigenvalue weighted by molar-refractivity contribution is 0.602. The molecular weight excluding hydrogens is 371 g/mol. The number of rotatable bonds is 1. The van der Waals surface area contributed by atoms with Crippen molar-refractivity contribution in [3.63, 3.8) is 0 Å². The van der Waals surface area contributed by atoms with Gasteiger partial charge in [0.15, 0.2) is 9.84 Å². The molecule has 114 valence electrons. The Hall–Kier alpha value is -1.65. The van der Waals surface area contributed by atoms with Crippen molar-refractivity contribution in [1.82, 2.24) is 5.32 Å². The Morgan fingerprint density at radius 3 is 2.82 bits per heavy atom. The smallest absolute Gasteiger partial charge is 0.177 e. The molecule has 1 aromatic carbocycles. The monoisotopic (exact) mass is 382 g/mol. The average molecular weight is 383 g/mol. The summed E-state index contributed by atoms with van der Waals surface area (Å²) in [6.45, 7) is 1.75. The summed E-state index contributed by atoms with van der Waals surface area (Å²) in [5.41, 5.74) is 2.22. The van der Waals surface area contributed by atoms with Crippen LogP contribution >= 0.6 is 15.9 Å². The molecule has 0 spiro atoms. The van der Waals surface area contributed by atoms with Crippen molar-refractivity contribution < 1.29 is 12.8 Å². The molecule has 0 radical (unpaired) electrons. The van der Waals surface area contributed by atoms with Crippen LogP contribution in [0.15, 0.2) is 44.5 Å².